The summed E-state index contributed by atoms with van der Waals surface area (Å²) >= 11 is 0. The molecule has 156 valence electrons. The monoisotopic (exact) mass is 399 g/mol. The predicted molar refractivity (Wildman–Crippen MR) is 107 cm³/mol. The highest BCUT2D eigenvalue weighted by molar-refractivity contribution is 5.98. The molecule has 4 fully saturated rings. The van der Waals surface area contributed by atoms with Gasteiger partial charge in [0.15, 0.2) is 5.72 Å². The van der Waals surface area contributed by atoms with Crippen molar-refractivity contribution in [3.05, 3.63) is 23.8 Å². The fraction of sp³-hybridized carbons (Fsp3) is 0.636. The molecular weight excluding hydrogens is 370 g/mol. The number of nitrogens with one attached hydrogen (secondary N) is 1. The fourth-order valence-corrected chi connectivity index (χ4v) is 5.68. The van der Waals surface area contributed by atoms with E-state index in [2.05, 4.69) is 17.3 Å². The minimum absolute atomic E-state index is 0.0509. The summed E-state index contributed by atoms with van der Waals surface area (Å²) in [6.07, 6.45) is 3.50. The quantitative estimate of drug-likeness (QED) is 0.820. The number of methoxy groups -OCH3 is 1. The van der Waals surface area contributed by atoms with Gasteiger partial charge in [0, 0.05) is 50.5 Å². The summed E-state index contributed by atoms with van der Waals surface area (Å²) in [5, 5.41) is 3.17. The second-order valence-electron chi connectivity index (χ2n) is 9.02. The number of carbonyl (C=O) groups is 2. The number of likely N-dealkylation sites (N-methyl/N-ethyl adjacent to an activating group) is 1. The van der Waals surface area contributed by atoms with Gasteiger partial charge in [-0.2, -0.15) is 0 Å². The maximum Gasteiger partial charge on any atom is 0.258 e. The minimum Gasteiger partial charge on any atom is -0.497 e. The first-order valence-electron chi connectivity index (χ1n) is 10.7. The average molecular weight is 399 g/mol. The SMILES string of the molecule is COc1ccc2c(c1)O[C@@]1(C[C@H]3CC[C@H]1C[C@@H]3C(=O)N1CCN(C)CC1)NC2=O. The molecule has 3 aliphatic carbocycles. The van der Waals surface area contributed by atoms with Crippen molar-refractivity contribution in [2.45, 2.75) is 31.4 Å². The standard InChI is InChI=1S/C22H29N3O4/c1-24-7-9-25(10-8-24)21(27)18-11-15-4-3-14(18)13-22(15)23-20(26)17-6-5-16(28-2)12-19(17)29-22/h5-6,12,14-15,18H,3-4,7-11,13H2,1-2H3,(H,23,26)/t14-,15+,18+,22-/m1/s1. The van der Waals surface area contributed by atoms with E-state index in [-0.39, 0.29) is 23.7 Å². The molecule has 3 saturated carbocycles. The van der Waals surface area contributed by atoms with Gasteiger partial charge in [0.2, 0.25) is 5.91 Å². The molecule has 1 N–H and O–H groups in total. The Balaban J connectivity index is 1.36. The highest BCUT2D eigenvalue weighted by Crippen LogP contribution is 2.53. The van der Waals surface area contributed by atoms with Crippen LogP contribution < -0.4 is 14.8 Å². The zero-order valence-corrected chi connectivity index (χ0v) is 17.1. The lowest BCUT2D eigenvalue weighted by Crippen LogP contribution is -2.67. The summed E-state index contributed by atoms with van der Waals surface area (Å²) in [5.74, 6) is 1.92. The Labute approximate surface area is 171 Å². The number of fused-ring (bicyclic) bond motifs is 3. The predicted octanol–water partition coefficient (Wildman–Crippen LogP) is 1.72. The van der Waals surface area contributed by atoms with Crippen molar-refractivity contribution < 1.29 is 19.1 Å². The molecule has 4 atom stereocenters. The van der Waals surface area contributed by atoms with Gasteiger partial charge in [-0.25, -0.2) is 0 Å². The Kier molecular flexibility index (Phi) is 4.46. The molecule has 2 aliphatic heterocycles. The van der Waals surface area contributed by atoms with Gasteiger partial charge in [-0.15, -0.1) is 0 Å². The number of carbonyl (C=O) groups excluding carboxylic acids is 2. The lowest BCUT2D eigenvalue weighted by atomic mass is 9.59. The Morgan fingerprint density at radius 3 is 2.72 bits per heavy atom. The van der Waals surface area contributed by atoms with Gasteiger partial charge in [-0.05, 0) is 44.4 Å². The van der Waals surface area contributed by atoms with E-state index < -0.39 is 5.72 Å². The molecule has 5 aliphatic rings. The first kappa shape index (κ1) is 18.7. The van der Waals surface area contributed by atoms with Crippen LogP contribution in [0.25, 0.3) is 0 Å². The number of benzene rings is 1. The highest BCUT2D eigenvalue weighted by Gasteiger charge is 2.57. The molecule has 1 saturated heterocycles. The summed E-state index contributed by atoms with van der Waals surface area (Å²) in [6.45, 7) is 3.51. The van der Waals surface area contributed by atoms with Crippen LogP contribution in [0.1, 0.15) is 36.0 Å². The van der Waals surface area contributed by atoms with Crippen molar-refractivity contribution in [3.63, 3.8) is 0 Å². The van der Waals surface area contributed by atoms with E-state index in [1.165, 1.54) is 0 Å². The first-order valence-corrected chi connectivity index (χ1v) is 10.7. The number of hydrogen-bond acceptors (Lipinski definition) is 5. The molecule has 7 heteroatoms. The molecule has 2 amide bonds. The highest BCUT2D eigenvalue weighted by atomic mass is 16.5. The third-order valence-electron chi connectivity index (χ3n) is 7.40. The molecule has 29 heavy (non-hydrogen) atoms. The maximum atomic E-state index is 13.2. The fourth-order valence-electron chi connectivity index (χ4n) is 5.68. The summed E-state index contributed by atoms with van der Waals surface area (Å²) < 4.78 is 11.8. The molecular formula is C22H29N3O4. The van der Waals surface area contributed by atoms with Crippen LogP contribution in [0.4, 0.5) is 0 Å². The van der Waals surface area contributed by atoms with E-state index in [1.54, 1.807) is 25.3 Å². The third kappa shape index (κ3) is 3.06. The minimum atomic E-state index is -0.696. The van der Waals surface area contributed by atoms with Crippen LogP contribution in [0.15, 0.2) is 18.2 Å². The van der Waals surface area contributed by atoms with Crippen LogP contribution in [0, 0.1) is 17.8 Å². The number of piperazine rings is 1. The summed E-state index contributed by atoms with van der Waals surface area (Å²) in [5.41, 5.74) is -0.152. The smallest absolute Gasteiger partial charge is 0.258 e. The number of hydrogen-bond donors (Lipinski definition) is 1. The summed E-state index contributed by atoms with van der Waals surface area (Å²) in [6, 6.07) is 5.32. The van der Waals surface area contributed by atoms with Crippen LogP contribution in [0.5, 0.6) is 11.5 Å². The lowest BCUT2D eigenvalue weighted by Gasteiger charge is -2.55. The molecule has 1 spiro atoms. The second kappa shape index (κ2) is 6.90. The molecule has 1 aromatic carbocycles. The van der Waals surface area contributed by atoms with Gasteiger partial charge < -0.3 is 24.6 Å². The Hall–Kier alpha value is -2.28. The van der Waals surface area contributed by atoms with E-state index >= 15 is 0 Å². The largest absolute Gasteiger partial charge is 0.497 e. The van der Waals surface area contributed by atoms with Crippen molar-refractivity contribution in [2.75, 3.05) is 40.3 Å². The second-order valence-corrected chi connectivity index (χ2v) is 9.02. The first-order chi connectivity index (χ1) is 14.0. The van der Waals surface area contributed by atoms with Crippen molar-refractivity contribution >= 4 is 11.8 Å². The van der Waals surface area contributed by atoms with Crippen molar-refractivity contribution in [3.8, 4) is 11.5 Å². The number of rotatable bonds is 2. The molecule has 0 aromatic heterocycles. The van der Waals surface area contributed by atoms with Crippen molar-refractivity contribution in [2.24, 2.45) is 17.8 Å². The van der Waals surface area contributed by atoms with Gasteiger partial charge in [0.1, 0.15) is 11.5 Å². The third-order valence-corrected chi connectivity index (χ3v) is 7.40. The van der Waals surface area contributed by atoms with E-state index in [0.717, 1.165) is 45.4 Å². The molecule has 6 rings (SSSR count). The van der Waals surface area contributed by atoms with Crippen LogP contribution in [-0.4, -0.2) is 67.7 Å². The topological polar surface area (TPSA) is 71.1 Å². The summed E-state index contributed by atoms with van der Waals surface area (Å²) in [4.78, 5) is 30.4. The molecule has 0 unspecified atom stereocenters. The van der Waals surface area contributed by atoms with Gasteiger partial charge >= 0.3 is 0 Å². The normalized spacial score (nSPS) is 33.8. The molecule has 2 bridgehead atoms. The Bertz CT molecular complexity index is 835. The zero-order chi connectivity index (χ0) is 20.2. The Morgan fingerprint density at radius 1 is 1.24 bits per heavy atom. The van der Waals surface area contributed by atoms with Crippen LogP contribution >= 0.6 is 0 Å². The van der Waals surface area contributed by atoms with Gasteiger partial charge in [-0.3, -0.25) is 9.59 Å². The van der Waals surface area contributed by atoms with Gasteiger partial charge in [0.05, 0.1) is 12.7 Å². The van der Waals surface area contributed by atoms with Crippen molar-refractivity contribution in [1.29, 1.82) is 0 Å². The van der Waals surface area contributed by atoms with E-state index in [4.69, 9.17) is 9.47 Å². The molecule has 0 radical (unpaired) electrons. The van der Waals surface area contributed by atoms with Crippen LogP contribution in [0.3, 0.4) is 0 Å². The van der Waals surface area contributed by atoms with Crippen molar-refractivity contribution in [1.82, 2.24) is 15.1 Å². The number of ether oxygens (including phenoxy) is 2. The zero-order valence-electron chi connectivity index (χ0n) is 17.1. The average Bonchev–Trinajstić information content (AvgIpc) is 2.73. The van der Waals surface area contributed by atoms with E-state index in [0.29, 0.717) is 29.4 Å². The van der Waals surface area contributed by atoms with Crippen LogP contribution in [-0.2, 0) is 4.79 Å². The maximum absolute atomic E-state index is 13.2. The van der Waals surface area contributed by atoms with Gasteiger partial charge in [-0.1, -0.05) is 0 Å². The molecule has 7 nitrogen and oxygen atoms in total. The molecule has 1 aromatic rings. The van der Waals surface area contributed by atoms with Gasteiger partial charge in [0.25, 0.3) is 5.91 Å². The van der Waals surface area contributed by atoms with E-state index in [9.17, 15) is 9.59 Å². The number of amides is 2. The lowest BCUT2D eigenvalue weighted by molar-refractivity contribution is -0.156. The van der Waals surface area contributed by atoms with E-state index in [1.807, 2.05) is 4.90 Å². The molecule has 2 heterocycles. The number of nitrogens with zero attached hydrogens (tertiary/aromatic N) is 2. The Morgan fingerprint density at radius 2 is 2.03 bits per heavy atom. The van der Waals surface area contributed by atoms with Crippen LogP contribution in [0.2, 0.25) is 0 Å². The summed E-state index contributed by atoms with van der Waals surface area (Å²) in [7, 11) is 3.71.